The molecule has 1 fully saturated rings. The molecule has 1 N–H and O–H groups in total. The molecule has 1 aliphatic heterocycles. The Kier molecular flexibility index (Phi) is 6.34. The first-order chi connectivity index (χ1) is 9.40. The Labute approximate surface area is 116 Å². The van der Waals surface area contributed by atoms with Crippen LogP contribution in [0.15, 0.2) is 30.3 Å². The molecular weight excluding hydrogens is 236 g/mol. The van der Waals surface area contributed by atoms with Gasteiger partial charge in [0, 0.05) is 13.1 Å². The van der Waals surface area contributed by atoms with E-state index in [4.69, 9.17) is 4.74 Å². The highest BCUT2D eigenvalue weighted by Gasteiger charge is 2.13. The largest absolute Gasteiger partial charge is 0.371 e. The van der Waals surface area contributed by atoms with Crippen LogP contribution < -0.4 is 5.32 Å². The molecular formula is C16H26N2O. The van der Waals surface area contributed by atoms with Crippen molar-refractivity contribution in [2.45, 2.75) is 25.4 Å². The zero-order valence-corrected chi connectivity index (χ0v) is 12.0. The van der Waals surface area contributed by atoms with Crippen LogP contribution in [0.5, 0.6) is 0 Å². The van der Waals surface area contributed by atoms with Crippen molar-refractivity contribution < 1.29 is 4.74 Å². The molecule has 1 unspecified atom stereocenters. The van der Waals surface area contributed by atoms with Crippen molar-refractivity contribution in [1.82, 2.24) is 10.2 Å². The van der Waals surface area contributed by atoms with Gasteiger partial charge in [0.2, 0.25) is 0 Å². The van der Waals surface area contributed by atoms with Gasteiger partial charge in [-0.15, -0.1) is 0 Å². The number of hydrogen-bond donors (Lipinski definition) is 1. The minimum Gasteiger partial charge on any atom is -0.371 e. The van der Waals surface area contributed by atoms with Crippen molar-refractivity contribution in [3.8, 4) is 0 Å². The molecule has 1 heterocycles. The Hall–Kier alpha value is -0.900. The third-order valence-corrected chi connectivity index (χ3v) is 3.74. The number of nitrogens with zero attached hydrogens (tertiary/aromatic N) is 1. The van der Waals surface area contributed by atoms with E-state index in [0.717, 1.165) is 19.7 Å². The summed E-state index contributed by atoms with van der Waals surface area (Å²) in [5, 5.41) is 3.22. The molecule has 106 valence electrons. The number of nitrogens with one attached hydrogen (secondary N) is 1. The highest BCUT2D eigenvalue weighted by molar-refractivity contribution is 5.17. The van der Waals surface area contributed by atoms with Gasteiger partial charge in [-0.3, -0.25) is 0 Å². The summed E-state index contributed by atoms with van der Waals surface area (Å²) in [7, 11) is 1.98. The third kappa shape index (κ3) is 4.94. The summed E-state index contributed by atoms with van der Waals surface area (Å²) in [5.41, 5.74) is 1.26. The van der Waals surface area contributed by atoms with Crippen molar-refractivity contribution in [3.05, 3.63) is 35.9 Å². The summed E-state index contributed by atoms with van der Waals surface area (Å²) in [6, 6.07) is 10.5. The Morgan fingerprint density at radius 3 is 2.58 bits per heavy atom. The zero-order chi connectivity index (χ0) is 13.3. The quantitative estimate of drug-likeness (QED) is 0.817. The van der Waals surface area contributed by atoms with Gasteiger partial charge < -0.3 is 15.0 Å². The maximum absolute atomic E-state index is 6.07. The molecule has 0 saturated carbocycles. The smallest absolute Gasteiger partial charge is 0.0949 e. The molecule has 19 heavy (non-hydrogen) atoms. The van der Waals surface area contributed by atoms with E-state index in [1.54, 1.807) is 0 Å². The second-order valence-electron chi connectivity index (χ2n) is 5.23. The number of ether oxygens (including phenoxy) is 1. The number of rotatable bonds is 7. The maximum Gasteiger partial charge on any atom is 0.0949 e. The summed E-state index contributed by atoms with van der Waals surface area (Å²) in [4.78, 5) is 2.52. The van der Waals surface area contributed by atoms with E-state index >= 15 is 0 Å². The van der Waals surface area contributed by atoms with Gasteiger partial charge in [0.05, 0.1) is 12.7 Å². The SMILES string of the molecule is CNCC(OCCN1CCCCC1)c1ccccc1. The molecule has 1 saturated heterocycles. The van der Waals surface area contributed by atoms with Crippen molar-refractivity contribution >= 4 is 0 Å². The van der Waals surface area contributed by atoms with E-state index in [-0.39, 0.29) is 6.10 Å². The van der Waals surface area contributed by atoms with E-state index in [1.165, 1.54) is 37.9 Å². The standard InChI is InChI=1S/C16H26N2O/c1-17-14-16(15-8-4-2-5-9-15)19-13-12-18-10-6-3-7-11-18/h2,4-5,8-9,16-17H,3,6-7,10-14H2,1H3. The van der Waals surface area contributed by atoms with Gasteiger partial charge in [-0.2, -0.15) is 0 Å². The highest BCUT2D eigenvalue weighted by Crippen LogP contribution is 2.16. The number of likely N-dealkylation sites (tertiary alicyclic amines) is 1. The van der Waals surface area contributed by atoms with Crippen LogP contribution in [0, 0.1) is 0 Å². The molecule has 0 amide bonds. The van der Waals surface area contributed by atoms with Crippen LogP contribution in [0.25, 0.3) is 0 Å². The lowest BCUT2D eigenvalue weighted by Crippen LogP contribution is -2.33. The van der Waals surface area contributed by atoms with Crippen LogP contribution in [0.3, 0.4) is 0 Å². The second-order valence-corrected chi connectivity index (χ2v) is 5.23. The summed E-state index contributed by atoms with van der Waals surface area (Å²) < 4.78 is 6.07. The normalized spacial score (nSPS) is 18.4. The average Bonchev–Trinajstić information content (AvgIpc) is 2.48. The van der Waals surface area contributed by atoms with E-state index in [9.17, 15) is 0 Å². The third-order valence-electron chi connectivity index (χ3n) is 3.74. The molecule has 2 rings (SSSR count). The van der Waals surface area contributed by atoms with Crippen molar-refractivity contribution in [1.29, 1.82) is 0 Å². The summed E-state index contributed by atoms with van der Waals surface area (Å²) in [6.45, 7) is 5.23. The fourth-order valence-corrected chi connectivity index (χ4v) is 2.63. The van der Waals surface area contributed by atoms with Gasteiger partial charge in [-0.05, 0) is 38.5 Å². The molecule has 0 bridgehead atoms. The predicted octanol–water partition coefficient (Wildman–Crippen LogP) is 2.45. The summed E-state index contributed by atoms with van der Waals surface area (Å²) in [5.74, 6) is 0. The van der Waals surface area contributed by atoms with Crippen LogP contribution in [0.2, 0.25) is 0 Å². The lowest BCUT2D eigenvalue weighted by Gasteiger charge is -2.27. The fraction of sp³-hybridized carbons (Fsp3) is 0.625. The molecule has 1 atom stereocenters. The molecule has 3 nitrogen and oxygen atoms in total. The molecule has 1 aliphatic rings. The number of piperidine rings is 1. The first-order valence-corrected chi connectivity index (χ1v) is 7.43. The first kappa shape index (κ1) is 14.5. The minimum absolute atomic E-state index is 0.163. The Morgan fingerprint density at radius 1 is 1.16 bits per heavy atom. The minimum atomic E-state index is 0.163. The van der Waals surface area contributed by atoms with Crippen molar-refractivity contribution in [3.63, 3.8) is 0 Å². The van der Waals surface area contributed by atoms with Gasteiger partial charge in [-0.1, -0.05) is 36.8 Å². The molecule has 0 aromatic heterocycles. The van der Waals surface area contributed by atoms with Gasteiger partial charge >= 0.3 is 0 Å². The Morgan fingerprint density at radius 2 is 1.89 bits per heavy atom. The monoisotopic (exact) mass is 262 g/mol. The van der Waals surface area contributed by atoms with Crippen molar-refractivity contribution in [2.24, 2.45) is 0 Å². The Balaban J connectivity index is 1.77. The van der Waals surface area contributed by atoms with Gasteiger partial charge in [0.1, 0.15) is 0 Å². The summed E-state index contributed by atoms with van der Waals surface area (Å²) in [6.07, 6.45) is 4.25. The van der Waals surface area contributed by atoms with E-state index in [2.05, 4.69) is 34.5 Å². The Bertz CT molecular complexity index is 336. The zero-order valence-electron chi connectivity index (χ0n) is 12.0. The average molecular weight is 262 g/mol. The van der Waals surface area contributed by atoms with Crippen LogP contribution in [-0.4, -0.2) is 44.7 Å². The molecule has 0 spiro atoms. The van der Waals surface area contributed by atoms with Gasteiger partial charge in [0.15, 0.2) is 0 Å². The van der Waals surface area contributed by atoms with Gasteiger partial charge in [0.25, 0.3) is 0 Å². The molecule has 0 aliphatic carbocycles. The van der Waals surface area contributed by atoms with Crippen LogP contribution >= 0.6 is 0 Å². The van der Waals surface area contributed by atoms with E-state index < -0.39 is 0 Å². The van der Waals surface area contributed by atoms with Crippen LogP contribution in [-0.2, 0) is 4.74 Å². The topological polar surface area (TPSA) is 24.5 Å². The van der Waals surface area contributed by atoms with Crippen molar-refractivity contribution in [2.75, 3.05) is 39.8 Å². The molecule has 1 aromatic rings. The highest BCUT2D eigenvalue weighted by atomic mass is 16.5. The maximum atomic E-state index is 6.07. The lowest BCUT2D eigenvalue weighted by molar-refractivity contribution is 0.0347. The summed E-state index contributed by atoms with van der Waals surface area (Å²) >= 11 is 0. The lowest BCUT2D eigenvalue weighted by atomic mass is 10.1. The van der Waals surface area contributed by atoms with E-state index in [1.807, 2.05) is 13.1 Å². The predicted molar refractivity (Wildman–Crippen MR) is 79.4 cm³/mol. The van der Waals surface area contributed by atoms with Crippen LogP contribution in [0.1, 0.15) is 30.9 Å². The fourth-order valence-electron chi connectivity index (χ4n) is 2.63. The first-order valence-electron chi connectivity index (χ1n) is 7.43. The number of benzene rings is 1. The number of likely N-dealkylation sites (N-methyl/N-ethyl adjacent to an activating group) is 1. The molecule has 1 aromatic carbocycles. The number of hydrogen-bond acceptors (Lipinski definition) is 3. The molecule has 0 radical (unpaired) electrons. The van der Waals surface area contributed by atoms with E-state index in [0.29, 0.717) is 0 Å². The van der Waals surface area contributed by atoms with Gasteiger partial charge in [-0.25, -0.2) is 0 Å². The second kappa shape index (κ2) is 8.31. The molecule has 3 heteroatoms. The van der Waals surface area contributed by atoms with Crippen LogP contribution in [0.4, 0.5) is 0 Å².